The summed E-state index contributed by atoms with van der Waals surface area (Å²) in [6.45, 7) is 2.24. The van der Waals surface area contributed by atoms with Crippen molar-refractivity contribution in [3.8, 4) is 0 Å². The summed E-state index contributed by atoms with van der Waals surface area (Å²) in [5, 5.41) is 4.51. The molecule has 4 N–H and O–H groups in total. The van der Waals surface area contributed by atoms with Gasteiger partial charge in [0, 0.05) is 12.6 Å². The largest absolute Gasteiger partial charge is 0.408 e. The Morgan fingerprint density at radius 3 is 2.62 bits per heavy atom. The van der Waals surface area contributed by atoms with Gasteiger partial charge in [0.25, 0.3) is 0 Å². The minimum Gasteiger partial charge on any atom is -0.351 e. The molecule has 1 aliphatic heterocycles. The molecule has 21 heavy (non-hydrogen) atoms. The smallest absolute Gasteiger partial charge is 0.351 e. The lowest BCUT2D eigenvalue weighted by molar-refractivity contribution is -0.171. The SMILES string of the molecule is CCCCC(CN)NC(=O)C1CCC(C(F)(F)F)NC1=O. The summed E-state index contributed by atoms with van der Waals surface area (Å²) >= 11 is 0. The van der Waals surface area contributed by atoms with Crippen molar-refractivity contribution >= 4 is 11.8 Å². The van der Waals surface area contributed by atoms with E-state index in [1.807, 2.05) is 12.2 Å². The first-order valence-corrected chi connectivity index (χ1v) is 7.17. The van der Waals surface area contributed by atoms with Gasteiger partial charge in [0.1, 0.15) is 12.0 Å². The van der Waals surface area contributed by atoms with Crippen LogP contribution < -0.4 is 16.4 Å². The molecule has 0 bridgehead atoms. The lowest BCUT2D eigenvalue weighted by atomic mass is 9.92. The second-order valence-electron chi connectivity index (χ2n) is 5.32. The molecule has 1 heterocycles. The zero-order valence-electron chi connectivity index (χ0n) is 12.0. The van der Waals surface area contributed by atoms with E-state index in [0.29, 0.717) is 6.42 Å². The van der Waals surface area contributed by atoms with Crippen molar-refractivity contribution in [2.45, 2.75) is 57.3 Å². The maximum absolute atomic E-state index is 12.5. The van der Waals surface area contributed by atoms with Gasteiger partial charge in [0.2, 0.25) is 11.8 Å². The molecule has 8 heteroatoms. The number of unbranched alkanes of at least 4 members (excludes halogenated alkanes) is 1. The molecule has 0 radical (unpaired) electrons. The predicted octanol–water partition coefficient (Wildman–Crippen LogP) is 1.08. The summed E-state index contributed by atoms with van der Waals surface area (Å²) < 4.78 is 37.5. The summed E-state index contributed by atoms with van der Waals surface area (Å²) in [5.41, 5.74) is 5.54. The van der Waals surface area contributed by atoms with Crippen molar-refractivity contribution in [2.24, 2.45) is 11.7 Å². The molecule has 1 aliphatic rings. The Labute approximate surface area is 121 Å². The molecule has 0 aromatic rings. The molecule has 2 amide bonds. The van der Waals surface area contributed by atoms with Crippen LogP contribution in [0.25, 0.3) is 0 Å². The number of halogens is 3. The molecule has 0 saturated carbocycles. The second kappa shape index (κ2) is 7.63. The van der Waals surface area contributed by atoms with Gasteiger partial charge in [0.15, 0.2) is 0 Å². The molecular weight excluding hydrogens is 287 g/mol. The van der Waals surface area contributed by atoms with Crippen molar-refractivity contribution in [1.29, 1.82) is 0 Å². The fourth-order valence-electron chi connectivity index (χ4n) is 2.31. The number of carbonyl (C=O) groups excluding carboxylic acids is 2. The lowest BCUT2D eigenvalue weighted by Gasteiger charge is -2.30. The van der Waals surface area contributed by atoms with Gasteiger partial charge in [-0.1, -0.05) is 19.8 Å². The number of rotatable bonds is 6. The van der Waals surface area contributed by atoms with Crippen LogP contribution in [0.2, 0.25) is 0 Å². The minimum atomic E-state index is -4.47. The summed E-state index contributed by atoms with van der Waals surface area (Å²) in [6.07, 6.45) is -2.34. The third kappa shape index (κ3) is 5.18. The maximum atomic E-state index is 12.5. The summed E-state index contributed by atoms with van der Waals surface area (Å²) in [5.74, 6) is -2.48. The third-order valence-electron chi connectivity index (χ3n) is 3.63. The van der Waals surface area contributed by atoms with Crippen molar-refractivity contribution in [1.82, 2.24) is 10.6 Å². The molecule has 3 unspecified atom stereocenters. The molecule has 1 fully saturated rings. The van der Waals surface area contributed by atoms with Gasteiger partial charge in [-0.15, -0.1) is 0 Å². The molecule has 0 aliphatic carbocycles. The van der Waals surface area contributed by atoms with Crippen molar-refractivity contribution in [3.63, 3.8) is 0 Å². The zero-order valence-corrected chi connectivity index (χ0v) is 12.0. The second-order valence-corrected chi connectivity index (χ2v) is 5.32. The fourth-order valence-corrected chi connectivity index (χ4v) is 2.31. The molecule has 122 valence electrons. The van der Waals surface area contributed by atoms with Crippen LogP contribution in [-0.4, -0.2) is 36.6 Å². The molecule has 0 aromatic heterocycles. The van der Waals surface area contributed by atoms with Crippen LogP contribution in [0.3, 0.4) is 0 Å². The van der Waals surface area contributed by atoms with Crippen LogP contribution in [0.15, 0.2) is 0 Å². The van der Waals surface area contributed by atoms with Crippen molar-refractivity contribution < 1.29 is 22.8 Å². The Bertz CT molecular complexity index is 374. The van der Waals surface area contributed by atoms with Gasteiger partial charge in [-0.25, -0.2) is 0 Å². The Balaban J connectivity index is 2.54. The Hall–Kier alpha value is -1.31. The number of nitrogens with one attached hydrogen (secondary N) is 2. The topological polar surface area (TPSA) is 84.2 Å². The normalized spacial score (nSPS) is 24.3. The molecular formula is C13H22F3N3O2. The van der Waals surface area contributed by atoms with Gasteiger partial charge in [-0.3, -0.25) is 9.59 Å². The quantitative estimate of drug-likeness (QED) is 0.642. The van der Waals surface area contributed by atoms with Gasteiger partial charge >= 0.3 is 6.18 Å². The number of nitrogens with two attached hydrogens (primary N) is 1. The molecule has 0 aromatic carbocycles. The highest BCUT2D eigenvalue weighted by Crippen LogP contribution is 2.28. The van der Waals surface area contributed by atoms with E-state index < -0.39 is 30.0 Å². The van der Waals surface area contributed by atoms with Crippen LogP contribution in [0.4, 0.5) is 13.2 Å². The Kier molecular flexibility index (Phi) is 6.44. The number of piperidine rings is 1. The van der Waals surface area contributed by atoms with Crippen LogP contribution in [0, 0.1) is 5.92 Å². The molecule has 1 rings (SSSR count). The molecule has 1 saturated heterocycles. The van der Waals surface area contributed by atoms with Gasteiger partial charge in [-0.05, 0) is 19.3 Å². The predicted molar refractivity (Wildman–Crippen MR) is 71.2 cm³/mol. The van der Waals surface area contributed by atoms with E-state index in [9.17, 15) is 22.8 Å². The van der Waals surface area contributed by atoms with Gasteiger partial charge in [0.05, 0.1) is 0 Å². The third-order valence-corrected chi connectivity index (χ3v) is 3.63. The summed E-state index contributed by atoms with van der Waals surface area (Å²) in [4.78, 5) is 23.7. The Morgan fingerprint density at radius 1 is 1.48 bits per heavy atom. The van der Waals surface area contributed by atoms with Gasteiger partial charge < -0.3 is 16.4 Å². The van der Waals surface area contributed by atoms with Crippen LogP contribution in [0.5, 0.6) is 0 Å². The minimum absolute atomic E-state index is 0.104. The lowest BCUT2D eigenvalue weighted by Crippen LogP contribution is -2.55. The van der Waals surface area contributed by atoms with E-state index in [1.54, 1.807) is 0 Å². The highest BCUT2D eigenvalue weighted by molar-refractivity contribution is 6.01. The van der Waals surface area contributed by atoms with E-state index in [0.717, 1.165) is 12.8 Å². The molecule has 5 nitrogen and oxygen atoms in total. The molecule has 0 spiro atoms. The van der Waals surface area contributed by atoms with Crippen LogP contribution in [-0.2, 0) is 9.59 Å². The number of hydrogen-bond donors (Lipinski definition) is 3. The Morgan fingerprint density at radius 2 is 2.14 bits per heavy atom. The fraction of sp³-hybridized carbons (Fsp3) is 0.846. The number of alkyl halides is 3. The van der Waals surface area contributed by atoms with E-state index >= 15 is 0 Å². The number of carbonyl (C=O) groups is 2. The van der Waals surface area contributed by atoms with E-state index in [-0.39, 0.29) is 25.4 Å². The average molecular weight is 309 g/mol. The van der Waals surface area contributed by atoms with Crippen LogP contribution in [0.1, 0.15) is 39.0 Å². The zero-order chi connectivity index (χ0) is 16.0. The first-order valence-electron chi connectivity index (χ1n) is 7.17. The van der Waals surface area contributed by atoms with Gasteiger partial charge in [-0.2, -0.15) is 13.2 Å². The highest BCUT2D eigenvalue weighted by Gasteiger charge is 2.45. The summed E-state index contributed by atoms with van der Waals surface area (Å²) in [6, 6.07) is -2.11. The first kappa shape index (κ1) is 17.7. The van der Waals surface area contributed by atoms with Crippen molar-refractivity contribution in [3.05, 3.63) is 0 Å². The standard InChI is InChI=1S/C13H22F3N3O2/c1-2-3-4-8(7-17)18-11(20)9-5-6-10(13(14,15)16)19-12(9)21/h8-10H,2-7,17H2,1H3,(H,18,20)(H,19,21). The number of amides is 2. The van der Waals surface area contributed by atoms with E-state index in [1.165, 1.54) is 0 Å². The van der Waals surface area contributed by atoms with Crippen molar-refractivity contribution in [2.75, 3.05) is 6.54 Å². The molecule has 3 atom stereocenters. The summed E-state index contributed by atoms with van der Waals surface area (Å²) in [7, 11) is 0. The van der Waals surface area contributed by atoms with Crippen LogP contribution >= 0.6 is 0 Å². The van der Waals surface area contributed by atoms with E-state index in [2.05, 4.69) is 5.32 Å². The number of hydrogen-bond acceptors (Lipinski definition) is 3. The monoisotopic (exact) mass is 309 g/mol. The first-order chi connectivity index (χ1) is 9.79. The maximum Gasteiger partial charge on any atom is 0.408 e. The highest BCUT2D eigenvalue weighted by atomic mass is 19.4. The average Bonchev–Trinajstić information content (AvgIpc) is 2.41. The van der Waals surface area contributed by atoms with E-state index in [4.69, 9.17) is 5.73 Å².